The Balaban J connectivity index is 1.85. The first-order valence-corrected chi connectivity index (χ1v) is 10.1. The average molecular weight is 406 g/mol. The van der Waals surface area contributed by atoms with E-state index in [9.17, 15) is 22.0 Å². The maximum absolute atomic E-state index is 12.4. The molecule has 0 fully saturated rings. The second-order valence-corrected chi connectivity index (χ2v) is 8.34. The molecule has 25 heavy (non-hydrogen) atoms. The number of hydrogen-bond acceptors (Lipinski definition) is 4. The fraction of sp³-hybridized carbons (Fsp3) is 0.188. The van der Waals surface area contributed by atoms with Crippen LogP contribution in [0, 0.1) is 0 Å². The molecule has 4 nitrogen and oxygen atoms in total. The SMILES string of the molecule is O=C(CSCc1ccc(Cl)cc1)Nc1ccc(S(=O)(=O)C(F)F)cc1. The maximum atomic E-state index is 12.4. The highest BCUT2D eigenvalue weighted by molar-refractivity contribution is 7.99. The van der Waals surface area contributed by atoms with Crippen LogP contribution in [0.5, 0.6) is 0 Å². The summed E-state index contributed by atoms with van der Waals surface area (Å²) in [6, 6.07) is 11.9. The minimum Gasteiger partial charge on any atom is -0.325 e. The number of carbonyl (C=O) groups is 1. The summed E-state index contributed by atoms with van der Waals surface area (Å²) in [5, 5.41) is 3.22. The molecule has 0 bridgehead atoms. The Kier molecular flexibility index (Phi) is 6.80. The number of nitrogens with one attached hydrogen (secondary N) is 1. The molecule has 9 heteroatoms. The Morgan fingerprint density at radius 3 is 2.24 bits per heavy atom. The molecule has 0 heterocycles. The summed E-state index contributed by atoms with van der Waals surface area (Å²) in [5.41, 5.74) is 1.37. The van der Waals surface area contributed by atoms with Gasteiger partial charge in [0, 0.05) is 16.5 Å². The smallest absolute Gasteiger partial charge is 0.325 e. The first-order valence-electron chi connectivity index (χ1n) is 7.03. The highest BCUT2D eigenvalue weighted by Crippen LogP contribution is 2.21. The lowest BCUT2D eigenvalue weighted by Crippen LogP contribution is -2.15. The molecule has 1 amide bonds. The zero-order valence-electron chi connectivity index (χ0n) is 12.8. The number of amides is 1. The van der Waals surface area contributed by atoms with Gasteiger partial charge in [-0.25, -0.2) is 8.42 Å². The van der Waals surface area contributed by atoms with E-state index in [1.807, 2.05) is 12.1 Å². The van der Waals surface area contributed by atoms with Crippen LogP contribution in [0.3, 0.4) is 0 Å². The molecule has 1 N–H and O–H groups in total. The van der Waals surface area contributed by atoms with Gasteiger partial charge in [0.05, 0.1) is 10.6 Å². The summed E-state index contributed by atoms with van der Waals surface area (Å²) >= 11 is 7.19. The van der Waals surface area contributed by atoms with Crippen LogP contribution in [0.4, 0.5) is 14.5 Å². The Morgan fingerprint density at radius 2 is 1.68 bits per heavy atom. The Hall–Kier alpha value is -1.64. The second-order valence-electron chi connectivity index (χ2n) is 5.00. The van der Waals surface area contributed by atoms with Crippen LogP contribution in [-0.2, 0) is 20.4 Å². The quantitative estimate of drug-likeness (QED) is 0.749. The molecule has 0 unspecified atom stereocenters. The topological polar surface area (TPSA) is 63.2 Å². The third-order valence-electron chi connectivity index (χ3n) is 3.12. The molecule has 0 aromatic heterocycles. The molecular formula is C16H14ClF2NO3S2. The van der Waals surface area contributed by atoms with E-state index in [0.29, 0.717) is 16.5 Å². The molecule has 0 aliphatic carbocycles. The number of thioether (sulfide) groups is 1. The summed E-state index contributed by atoms with van der Waals surface area (Å²) in [6.07, 6.45) is 0. The lowest BCUT2D eigenvalue weighted by Gasteiger charge is -2.07. The van der Waals surface area contributed by atoms with Gasteiger partial charge in [-0.1, -0.05) is 23.7 Å². The van der Waals surface area contributed by atoms with Crippen LogP contribution in [0.1, 0.15) is 5.56 Å². The predicted octanol–water partition coefficient (Wildman–Crippen LogP) is 4.21. The van der Waals surface area contributed by atoms with Crippen molar-refractivity contribution < 1.29 is 22.0 Å². The Morgan fingerprint density at radius 1 is 1.08 bits per heavy atom. The van der Waals surface area contributed by atoms with Gasteiger partial charge < -0.3 is 5.32 Å². The fourth-order valence-corrected chi connectivity index (χ4v) is 3.51. The number of alkyl halides is 2. The monoisotopic (exact) mass is 405 g/mol. The molecule has 0 atom stereocenters. The van der Waals surface area contributed by atoms with Gasteiger partial charge in [-0.2, -0.15) is 8.78 Å². The van der Waals surface area contributed by atoms with Gasteiger partial charge >= 0.3 is 5.76 Å². The number of hydrogen-bond donors (Lipinski definition) is 1. The highest BCUT2D eigenvalue weighted by atomic mass is 35.5. The zero-order chi connectivity index (χ0) is 18.4. The first-order chi connectivity index (χ1) is 11.8. The molecule has 0 aliphatic rings. The van der Waals surface area contributed by atoms with Crippen molar-refractivity contribution >= 4 is 44.8 Å². The van der Waals surface area contributed by atoms with E-state index in [1.54, 1.807) is 12.1 Å². The van der Waals surface area contributed by atoms with Crippen molar-refractivity contribution in [2.24, 2.45) is 0 Å². The van der Waals surface area contributed by atoms with Gasteiger partial charge in [0.15, 0.2) is 0 Å². The molecule has 134 valence electrons. The first kappa shape index (κ1) is 19.7. The van der Waals surface area contributed by atoms with Gasteiger partial charge in [0.1, 0.15) is 0 Å². The Bertz CT molecular complexity index is 825. The van der Waals surface area contributed by atoms with Gasteiger partial charge in [0.2, 0.25) is 15.7 Å². The van der Waals surface area contributed by atoms with Crippen molar-refractivity contribution in [3.8, 4) is 0 Å². The number of halogens is 3. The molecule has 2 rings (SSSR count). The van der Waals surface area contributed by atoms with Crippen molar-refractivity contribution in [2.75, 3.05) is 11.1 Å². The lowest BCUT2D eigenvalue weighted by atomic mass is 10.2. The normalized spacial score (nSPS) is 11.5. The predicted molar refractivity (Wildman–Crippen MR) is 95.9 cm³/mol. The minimum absolute atomic E-state index is 0.194. The van der Waals surface area contributed by atoms with Crippen molar-refractivity contribution in [1.29, 1.82) is 0 Å². The highest BCUT2D eigenvalue weighted by Gasteiger charge is 2.26. The van der Waals surface area contributed by atoms with E-state index in [0.717, 1.165) is 17.7 Å². The van der Waals surface area contributed by atoms with Crippen molar-refractivity contribution in [1.82, 2.24) is 0 Å². The summed E-state index contributed by atoms with van der Waals surface area (Å²) in [5.74, 6) is -2.92. The number of rotatable bonds is 7. The van der Waals surface area contributed by atoms with Crippen LogP contribution in [0.2, 0.25) is 5.02 Å². The van der Waals surface area contributed by atoms with Gasteiger partial charge in [-0.3, -0.25) is 4.79 Å². The number of benzene rings is 2. The van der Waals surface area contributed by atoms with E-state index in [-0.39, 0.29) is 11.7 Å². The third-order valence-corrected chi connectivity index (χ3v) is 5.77. The van der Waals surface area contributed by atoms with Gasteiger partial charge in [-0.15, -0.1) is 11.8 Å². The van der Waals surface area contributed by atoms with E-state index in [2.05, 4.69) is 5.32 Å². The van der Waals surface area contributed by atoms with Crippen molar-refractivity contribution in [3.05, 3.63) is 59.1 Å². The summed E-state index contributed by atoms with van der Waals surface area (Å²) in [7, 11) is -4.63. The molecule has 0 spiro atoms. The van der Waals surface area contributed by atoms with Crippen molar-refractivity contribution in [3.63, 3.8) is 0 Å². The maximum Gasteiger partial charge on any atom is 0.341 e. The lowest BCUT2D eigenvalue weighted by molar-refractivity contribution is -0.113. The average Bonchev–Trinajstić information content (AvgIpc) is 2.57. The van der Waals surface area contributed by atoms with Crippen LogP contribution < -0.4 is 5.32 Å². The number of sulfone groups is 1. The van der Waals surface area contributed by atoms with Crippen LogP contribution in [0.15, 0.2) is 53.4 Å². The van der Waals surface area contributed by atoms with Gasteiger partial charge in [-0.05, 0) is 42.0 Å². The number of anilines is 1. The molecular weight excluding hydrogens is 392 g/mol. The van der Waals surface area contributed by atoms with Crippen LogP contribution in [-0.4, -0.2) is 25.8 Å². The Labute approximate surface area is 153 Å². The van der Waals surface area contributed by atoms with E-state index in [4.69, 9.17) is 11.6 Å². The van der Waals surface area contributed by atoms with E-state index >= 15 is 0 Å². The van der Waals surface area contributed by atoms with Crippen LogP contribution >= 0.6 is 23.4 Å². The zero-order valence-corrected chi connectivity index (χ0v) is 15.2. The van der Waals surface area contributed by atoms with E-state index in [1.165, 1.54) is 23.9 Å². The van der Waals surface area contributed by atoms with Crippen molar-refractivity contribution in [2.45, 2.75) is 16.4 Å². The third kappa shape index (κ3) is 5.69. The summed E-state index contributed by atoms with van der Waals surface area (Å²) in [4.78, 5) is 11.4. The molecule has 0 saturated carbocycles. The summed E-state index contributed by atoms with van der Waals surface area (Å²) in [6.45, 7) is 0. The molecule has 2 aromatic rings. The summed E-state index contributed by atoms with van der Waals surface area (Å²) < 4.78 is 47.5. The van der Waals surface area contributed by atoms with E-state index < -0.39 is 20.5 Å². The fourth-order valence-electron chi connectivity index (χ4n) is 1.87. The van der Waals surface area contributed by atoms with Crippen LogP contribution in [0.25, 0.3) is 0 Å². The molecule has 0 radical (unpaired) electrons. The minimum atomic E-state index is -4.63. The molecule has 2 aromatic carbocycles. The molecule has 0 saturated heterocycles. The second kappa shape index (κ2) is 8.64. The standard InChI is InChI=1S/C16H14ClF2NO3S2/c17-12-3-1-11(2-4-12)9-24-10-15(21)20-13-5-7-14(8-6-13)25(22,23)16(18)19/h1-8,16H,9-10H2,(H,20,21). The number of carbonyl (C=O) groups excluding carboxylic acids is 1. The largest absolute Gasteiger partial charge is 0.341 e. The molecule has 0 aliphatic heterocycles. The van der Waals surface area contributed by atoms with Gasteiger partial charge in [0.25, 0.3) is 0 Å².